The molecule has 2 unspecified atom stereocenters. The van der Waals surface area contributed by atoms with Gasteiger partial charge in [-0.1, -0.05) is 26.7 Å². The number of anilines is 1. The Morgan fingerprint density at radius 1 is 1.29 bits per heavy atom. The van der Waals surface area contributed by atoms with Gasteiger partial charge in [0.2, 0.25) is 0 Å². The molecular formula is C14H21BrN2. The molecule has 1 N–H and O–H groups in total. The summed E-state index contributed by atoms with van der Waals surface area (Å²) in [6.45, 7) is 4.68. The van der Waals surface area contributed by atoms with Crippen molar-refractivity contribution in [1.82, 2.24) is 4.98 Å². The molecule has 0 saturated heterocycles. The van der Waals surface area contributed by atoms with E-state index in [1.54, 1.807) is 0 Å². The predicted molar refractivity (Wildman–Crippen MR) is 76.1 cm³/mol. The van der Waals surface area contributed by atoms with E-state index in [4.69, 9.17) is 0 Å². The highest BCUT2D eigenvalue weighted by atomic mass is 79.9. The summed E-state index contributed by atoms with van der Waals surface area (Å²) >= 11 is 3.37. The molecule has 1 fully saturated rings. The van der Waals surface area contributed by atoms with Crippen molar-refractivity contribution in [3.8, 4) is 0 Å². The minimum absolute atomic E-state index is 0.617. The predicted octanol–water partition coefficient (Wildman–Crippen LogP) is 4.47. The van der Waals surface area contributed by atoms with Crippen LogP contribution < -0.4 is 5.32 Å². The summed E-state index contributed by atoms with van der Waals surface area (Å²) in [7, 11) is 0. The van der Waals surface area contributed by atoms with Gasteiger partial charge in [-0.15, -0.1) is 0 Å². The Hall–Kier alpha value is -0.570. The summed E-state index contributed by atoms with van der Waals surface area (Å²) < 4.78 is 0.895. The van der Waals surface area contributed by atoms with Gasteiger partial charge in [-0.3, -0.25) is 0 Å². The quantitative estimate of drug-likeness (QED) is 0.833. The van der Waals surface area contributed by atoms with Crippen molar-refractivity contribution in [3.63, 3.8) is 0 Å². The van der Waals surface area contributed by atoms with Crippen LogP contribution in [0.4, 0.5) is 5.69 Å². The Kier molecular flexibility index (Phi) is 4.43. The van der Waals surface area contributed by atoms with Crippen molar-refractivity contribution in [2.45, 2.75) is 45.6 Å². The van der Waals surface area contributed by atoms with Crippen LogP contribution in [0, 0.1) is 11.8 Å². The second-order valence-corrected chi connectivity index (χ2v) is 6.13. The number of halogens is 1. The van der Waals surface area contributed by atoms with Crippen LogP contribution in [0.3, 0.4) is 0 Å². The van der Waals surface area contributed by atoms with E-state index in [1.807, 2.05) is 12.3 Å². The van der Waals surface area contributed by atoms with Crippen molar-refractivity contribution in [1.29, 1.82) is 0 Å². The molecule has 2 atom stereocenters. The zero-order valence-electron chi connectivity index (χ0n) is 10.6. The number of rotatable bonds is 3. The molecule has 2 nitrogen and oxygen atoms in total. The highest BCUT2D eigenvalue weighted by Crippen LogP contribution is 2.32. The van der Waals surface area contributed by atoms with Crippen LogP contribution in [-0.4, -0.2) is 11.0 Å². The van der Waals surface area contributed by atoms with E-state index in [1.165, 1.54) is 25.7 Å². The molecular weight excluding hydrogens is 276 g/mol. The first kappa shape index (κ1) is 12.9. The van der Waals surface area contributed by atoms with E-state index in [-0.39, 0.29) is 0 Å². The van der Waals surface area contributed by atoms with Crippen LogP contribution in [0.5, 0.6) is 0 Å². The Balaban J connectivity index is 2.02. The maximum absolute atomic E-state index is 4.27. The average Bonchev–Trinajstić information content (AvgIpc) is 2.32. The first-order valence-electron chi connectivity index (χ1n) is 6.55. The van der Waals surface area contributed by atoms with Crippen LogP contribution in [0.25, 0.3) is 0 Å². The van der Waals surface area contributed by atoms with Crippen molar-refractivity contribution in [2.75, 3.05) is 5.32 Å². The van der Waals surface area contributed by atoms with Crippen LogP contribution in [0.1, 0.15) is 39.5 Å². The first-order valence-corrected chi connectivity index (χ1v) is 7.34. The van der Waals surface area contributed by atoms with Crippen LogP contribution in [0.15, 0.2) is 22.9 Å². The zero-order valence-corrected chi connectivity index (χ0v) is 12.2. The summed E-state index contributed by atoms with van der Waals surface area (Å²) in [4.78, 5) is 4.27. The summed E-state index contributed by atoms with van der Waals surface area (Å²) in [6.07, 6.45) is 7.30. The van der Waals surface area contributed by atoms with Gasteiger partial charge in [0.15, 0.2) is 0 Å². The molecule has 0 aliphatic heterocycles. The number of hydrogen-bond acceptors (Lipinski definition) is 2. The molecule has 94 valence electrons. The van der Waals surface area contributed by atoms with Crippen LogP contribution >= 0.6 is 15.9 Å². The van der Waals surface area contributed by atoms with Gasteiger partial charge in [-0.2, -0.15) is 0 Å². The molecule has 3 heteroatoms. The first-order chi connectivity index (χ1) is 8.16. The lowest BCUT2D eigenvalue weighted by atomic mass is 9.78. The molecule has 0 spiro atoms. The fourth-order valence-electron chi connectivity index (χ4n) is 2.81. The average molecular weight is 297 g/mol. The van der Waals surface area contributed by atoms with Crippen molar-refractivity contribution >= 4 is 21.6 Å². The number of nitrogens with zero attached hydrogens (tertiary/aromatic N) is 1. The molecule has 1 aliphatic rings. The van der Waals surface area contributed by atoms with Gasteiger partial charge in [-0.05, 0) is 52.7 Å². The molecule has 1 heterocycles. The van der Waals surface area contributed by atoms with E-state index in [0.29, 0.717) is 6.04 Å². The minimum atomic E-state index is 0.617. The summed E-state index contributed by atoms with van der Waals surface area (Å²) in [5.74, 6) is 1.56. The van der Waals surface area contributed by atoms with Gasteiger partial charge in [0, 0.05) is 6.04 Å². The molecule has 1 aliphatic carbocycles. The number of pyridine rings is 1. The van der Waals surface area contributed by atoms with E-state index in [0.717, 1.165) is 22.1 Å². The fraction of sp³-hybridized carbons (Fsp3) is 0.643. The maximum Gasteiger partial charge on any atom is 0.106 e. The van der Waals surface area contributed by atoms with E-state index in [2.05, 4.69) is 46.1 Å². The van der Waals surface area contributed by atoms with Gasteiger partial charge in [0.1, 0.15) is 4.60 Å². The standard InChI is InChI=1S/C14H21BrN2/c1-10(2)12-5-3-4-6-13(12)17-11-7-8-14(15)16-9-11/h7-10,12-13,17H,3-6H2,1-2H3. The minimum Gasteiger partial charge on any atom is -0.381 e. The van der Waals surface area contributed by atoms with E-state index >= 15 is 0 Å². The van der Waals surface area contributed by atoms with Gasteiger partial charge >= 0.3 is 0 Å². The van der Waals surface area contributed by atoms with E-state index in [9.17, 15) is 0 Å². The molecule has 1 saturated carbocycles. The molecule has 0 bridgehead atoms. The van der Waals surface area contributed by atoms with Crippen LogP contribution in [0.2, 0.25) is 0 Å². The third kappa shape index (κ3) is 3.44. The lowest BCUT2D eigenvalue weighted by Crippen LogP contribution is -2.35. The third-order valence-electron chi connectivity index (χ3n) is 3.76. The topological polar surface area (TPSA) is 24.9 Å². The van der Waals surface area contributed by atoms with Gasteiger partial charge in [-0.25, -0.2) is 4.98 Å². The Morgan fingerprint density at radius 2 is 2.06 bits per heavy atom. The molecule has 0 aromatic carbocycles. The molecule has 2 rings (SSSR count). The number of hydrogen-bond donors (Lipinski definition) is 1. The second kappa shape index (κ2) is 5.85. The summed E-state index contributed by atoms with van der Waals surface area (Å²) in [6, 6.07) is 4.71. The lowest BCUT2D eigenvalue weighted by molar-refractivity contribution is 0.254. The molecule has 0 radical (unpaired) electrons. The lowest BCUT2D eigenvalue weighted by Gasteiger charge is -2.35. The van der Waals surface area contributed by atoms with Gasteiger partial charge < -0.3 is 5.32 Å². The highest BCUT2D eigenvalue weighted by molar-refractivity contribution is 9.10. The normalized spacial score (nSPS) is 24.9. The highest BCUT2D eigenvalue weighted by Gasteiger charge is 2.27. The van der Waals surface area contributed by atoms with Gasteiger partial charge in [0.25, 0.3) is 0 Å². The number of nitrogens with one attached hydrogen (secondary N) is 1. The zero-order chi connectivity index (χ0) is 12.3. The Morgan fingerprint density at radius 3 is 2.71 bits per heavy atom. The van der Waals surface area contributed by atoms with Crippen molar-refractivity contribution in [3.05, 3.63) is 22.9 Å². The third-order valence-corrected chi connectivity index (χ3v) is 4.22. The maximum atomic E-state index is 4.27. The summed E-state index contributed by atoms with van der Waals surface area (Å²) in [5.41, 5.74) is 1.14. The molecule has 17 heavy (non-hydrogen) atoms. The van der Waals surface area contributed by atoms with E-state index < -0.39 is 0 Å². The SMILES string of the molecule is CC(C)C1CCCCC1Nc1ccc(Br)nc1. The fourth-order valence-corrected chi connectivity index (χ4v) is 3.05. The molecule has 1 aromatic rings. The van der Waals surface area contributed by atoms with Crippen molar-refractivity contribution < 1.29 is 0 Å². The molecule has 0 amide bonds. The van der Waals surface area contributed by atoms with Crippen molar-refractivity contribution in [2.24, 2.45) is 11.8 Å². The molecule has 1 aromatic heterocycles. The monoisotopic (exact) mass is 296 g/mol. The Bertz CT molecular complexity index is 348. The summed E-state index contributed by atoms with van der Waals surface area (Å²) in [5, 5.41) is 3.66. The Labute approximate surface area is 112 Å². The second-order valence-electron chi connectivity index (χ2n) is 5.31. The van der Waals surface area contributed by atoms with Crippen LogP contribution in [-0.2, 0) is 0 Å². The number of aromatic nitrogens is 1. The smallest absolute Gasteiger partial charge is 0.106 e. The largest absolute Gasteiger partial charge is 0.381 e. The van der Waals surface area contributed by atoms with Gasteiger partial charge in [0.05, 0.1) is 11.9 Å².